The van der Waals surface area contributed by atoms with Gasteiger partial charge in [-0.15, -0.1) is 0 Å². The third-order valence-electron chi connectivity index (χ3n) is 7.39. The first-order chi connectivity index (χ1) is 20.1. The van der Waals surface area contributed by atoms with E-state index in [4.69, 9.17) is 0 Å². The third-order valence-corrected chi connectivity index (χ3v) is 8.46. The van der Waals surface area contributed by atoms with Crippen molar-refractivity contribution < 1.29 is 41.6 Å². The molecule has 1 atom stereocenters. The van der Waals surface area contributed by atoms with Crippen molar-refractivity contribution in [3.63, 3.8) is 0 Å². The normalized spacial score (nSPS) is 12.2. The highest BCUT2D eigenvalue weighted by molar-refractivity contribution is 7.87. The van der Waals surface area contributed by atoms with Crippen LogP contribution in [-0.4, -0.2) is 42.1 Å². The molecule has 0 heterocycles. The van der Waals surface area contributed by atoms with Crippen molar-refractivity contribution in [2.45, 2.75) is 180 Å². The number of ether oxygens (including phenoxy) is 2. The summed E-state index contributed by atoms with van der Waals surface area (Å²) < 4.78 is 41.9. The van der Waals surface area contributed by atoms with E-state index in [-0.39, 0.29) is 12.8 Å². The summed E-state index contributed by atoms with van der Waals surface area (Å²) in [6, 6.07) is 0. The molecule has 246 valence electrons. The first-order valence-corrected chi connectivity index (χ1v) is 18.1. The molecule has 9 nitrogen and oxygen atoms in total. The van der Waals surface area contributed by atoms with Crippen LogP contribution in [0.3, 0.4) is 0 Å². The molecule has 0 amide bonds. The SMILES string of the molecule is CCCCCCCCCCCCCC(=O)OC(=O)CC(C(=O)OC(=O)CCCCCCCCCCCCC)S(=O)(=O)O. The standard InChI is InChI=1S/C32H58O9S/c1-3-5-7-9-11-13-15-17-19-21-23-25-29(33)40-31(35)27-28(42(37,38)39)32(36)41-30(34)26-24-22-20-18-16-14-12-10-8-6-4-2/h28H,3-27H2,1-2H3,(H,37,38,39). The molecule has 0 aromatic rings. The minimum atomic E-state index is -5.06. The van der Waals surface area contributed by atoms with E-state index in [9.17, 15) is 32.1 Å². The number of hydrogen-bond acceptors (Lipinski definition) is 8. The van der Waals surface area contributed by atoms with Crippen molar-refractivity contribution in [2.24, 2.45) is 0 Å². The van der Waals surface area contributed by atoms with E-state index in [1.54, 1.807) is 0 Å². The Labute approximate surface area is 255 Å². The highest BCUT2D eigenvalue weighted by Crippen LogP contribution is 2.15. The molecule has 1 unspecified atom stereocenters. The zero-order valence-electron chi connectivity index (χ0n) is 26.4. The smallest absolute Gasteiger partial charge is 0.335 e. The Hall–Kier alpha value is -1.81. The summed E-state index contributed by atoms with van der Waals surface area (Å²) in [5.74, 6) is -4.59. The quantitative estimate of drug-likeness (QED) is 0.0397. The summed E-state index contributed by atoms with van der Waals surface area (Å²) in [5.41, 5.74) is 0. The van der Waals surface area contributed by atoms with Gasteiger partial charge in [-0.2, -0.15) is 8.42 Å². The predicted octanol–water partition coefficient (Wildman–Crippen LogP) is 8.17. The fourth-order valence-corrected chi connectivity index (χ4v) is 5.42. The van der Waals surface area contributed by atoms with Gasteiger partial charge in [-0.25, -0.2) is 0 Å². The van der Waals surface area contributed by atoms with E-state index in [1.165, 1.54) is 77.0 Å². The zero-order chi connectivity index (χ0) is 31.5. The molecular formula is C32H58O9S. The first-order valence-electron chi connectivity index (χ1n) is 16.6. The minimum absolute atomic E-state index is 0.0127. The maximum Gasteiger partial charge on any atom is 0.335 e. The van der Waals surface area contributed by atoms with Gasteiger partial charge in [0.05, 0.1) is 6.42 Å². The lowest BCUT2D eigenvalue weighted by molar-refractivity contribution is -0.165. The van der Waals surface area contributed by atoms with E-state index in [1.807, 2.05) is 0 Å². The summed E-state index contributed by atoms with van der Waals surface area (Å²) >= 11 is 0. The molecule has 0 aliphatic rings. The molecule has 0 aromatic carbocycles. The molecule has 10 heteroatoms. The van der Waals surface area contributed by atoms with Crippen LogP contribution in [0.1, 0.15) is 174 Å². The Morgan fingerprint density at radius 2 is 0.810 bits per heavy atom. The molecule has 0 aromatic heterocycles. The molecule has 0 saturated carbocycles. The topological polar surface area (TPSA) is 141 Å². The average molecular weight is 619 g/mol. The van der Waals surface area contributed by atoms with Gasteiger partial charge in [-0.3, -0.25) is 23.7 Å². The van der Waals surface area contributed by atoms with Gasteiger partial charge in [-0.1, -0.05) is 142 Å². The third kappa shape index (κ3) is 24.8. The van der Waals surface area contributed by atoms with Gasteiger partial charge in [0.15, 0.2) is 5.25 Å². The maximum atomic E-state index is 12.2. The second-order valence-corrected chi connectivity index (χ2v) is 13.0. The van der Waals surface area contributed by atoms with E-state index in [0.29, 0.717) is 12.8 Å². The molecule has 0 aliphatic carbocycles. The van der Waals surface area contributed by atoms with Gasteiger partial charge in [0.2, 0.25) is 0 Å². The zero-order valence-corrected chi connectivity index (χ0v) is 27.2. The van der Waals surface area contributed by atoms with Gasteiger partial charge < -0.3 is 9.47 Å². The lowest BCUT2D eigenvalue weighted by atomic mass is 10.1. The van der Waals surface area contributed by atoms with Crippen LogP contribution in [0.4, 0.5) is 0 Å². The van der Waals surface area contributed by atoms with Crippen molar-refractivity contribution in [3.8, 4) is 0 Å². The molecular weight excluding hydrogens is 560 g/mol. The van der Waals surface area contributed by atoms with Crippen LogP contribution in [-0.2, 0) is 38.8 Å². The Morgan fingerprint density at radius 3 is 1.14 bits per heavy atom. The van der Waals surface area contributed by atoms with Crippen molar-refractivity contribution >= 4 is 34.0 Å². The highest BCUT2D eigenvalue weighted by atomic mass is 32.2. The molecule has 0 aliphatic heterocycles. The summed E-state index contributed by atoms with van der Waals surface area (Å²) in [5, 5.41) is -2.33. The molecule has 0 bridgehead atoms. The number of rotatable bonds is 28. The first kappa shape index (κ1) is 40.2. The van der Waals surface area contributed by atoms with Gasteiger partial charge in [0.25, 0.3) is 10.1 Å². The van der Waals surface area contributed by atoms with Gasteiger partial charge in [-0.05, 0) is 12.8 Å². The Kier molecular flexibility index (Phi) is 25.6. The van der Waals surface area contributed by atoms with E-state index < -0.39 is 45.7 Å². The monoisotopic (exact) mass is 618 g/mol. The Morgan fingerprint density at radius 1 is 0.500 bits per heavy atom. The van der Waals surface area contributed by atoms with E-state index >= 15 is 0 Å². The van der Waals surface area contributed by atoms with Crippen molar-refractivity contribution in [2.75, 3.05) is 0 Å². The van der Waals surface area contributed by atoms with E-state index in [0.717, 1.165) is 51.4 Å². The van der Waals surface area contributed by atoms with Gasteiger partial charge in [0.1, 0.15) is 0 Å². The van der Waals surface area contributed by atoms with Crippen LogP contribution in [0.5, 0.6) is 0 Å². The average Bonchev–Trinajstić information content (AvgIpc) is 2.92. The molecule has 0 fully saturated rings. The van der Waals surface area contributed by atoms with Crippen molar-refractivity contribution in [3.05, 3.63) is 0 Å². The van der Waals surface area contributed by atoms with E-state index in [2.05, 4.69) is 23.3 Å². The lowest BCUT2D eigenvalue weighted by Gasteiger charge is -2.12. The number of esters is 4. The van der Waals surface area contributed by atoms with Gasteiger partial charge >= 0.3 is 23.9 Å². The van der Waals surface area contributed by atoms with Crippen LogP contribution in [0.15, 0.2) is 0 Å². The molecule has 0 radical (unpaired) electrons. The summed E-state index contributed by atoms with van der Waals surface area (Å²) in [6.45, 7) is 4.39. The van der Waals surface area contributed by atoms with Crippen molar-refractivity contribution in [1.29, 1.82) is 0 Å². The van der Waals surface area contributed by atoms with Crippen LogP contribution in [0, 0.1) is 0 Å². The van der Waals surface area contributed by atoms with Crippen LogP contribution >= 0.6 is 0 Å². The minimum Gasteiger partial charge on any atom is -0.393 e. The second-order valence-electron chi connectivity index (χ2n) is 11.4. The summed E-state index contributed by atoms with van der Waals surface area (Å²) in [7, 11) is -5.06. The lowest BCUT2D eigenvalue weighted by Crippen LogP contribution is -2.36. The molecule has 0 saturated heterocycles. The number of carbonyl (C=O) groups is 4. The summed E-state index contributed by atoms with van der Waals surface area (Å²) in [4.78, 5) is 48.3. The largest absolute Gasteiger partial charge is 0.393 e. The highest BCUT2D eigenvalue weighted by Gasteiger charge is 2.37. The fourth-order valence-electron chi connectivity index (χ4n) is 4.78. The molecule has 0 spiro atoms. The molecule has 0 rings (SSSR count). The van der Waals surface area contributed by atoms with Crippen LogP contribution in [0.25, 0.3) is 0 Å². The molecule has 42 heavy (non-hydrogen) atoms. The Balaban J connectivity index is 4.14. The maximum absolute atomic E-state index is 12.2. The second kappa shape index (κ2) is 26.8. The number of carbonyl (C=O) groups excluding carboxylic acids is 4. The van der Waals surface area contributed by atoms with Crippen LogP contribution < -0.4 is 0 Å². The summed E-state index contributed by atoms with van der Waals surface area (Å²) in [6.07, 6.45) is 22.8. The number of unbranched alkanes of at least 4 members (excludes halogenated alkanes) is 20. The predicted molar refractivity (Wildman–Crippen MR) is 164 cm³/mol. The van der Waals surface area contributed by atoms with Crippen molar-refractivity contribution in [1.82, 2.24) is 0 Å². The van der Waals surface area contributed by atoms with Crippen LogP contribution in [0.2, 0.25) is 0 Å². The Bertz CT molecular complexity index is 839. The fraction of sp³-hybridized carbons (Fsp3) is 0.875. The molecule has 1 N–H and O–H groups in total. The number of hydrogen-bond donors (Lipinski definition) is 1. The van der Waals surface area contributed by atoms with Gasteiger partial charge in [0, 0.05) is 12.8 Å².